The number of thiophene rings is 2. The first-order chi connectivity index (χ1) is 25.8. The van der Waals surface area contributed by atoms with Crippen LogP contribution in [0.25, 0.3) is 20.7 Å². The molecule has 286 valence electrons. The maximum absolute atomic E-state index is 13.6. The summed E-state index contributed by atoms with van der Waals surface area (Å²) in [5, 5.41) is 5.39. The van der Waals surface area contributed by atoms with E-state index < -0.39 is 24.3 Å². The molecule has 0 aromatic carbocycles. The lowest BCUT2D eigenvalue weighted by Gasteiger charge is -2.30. The van der Waals surface area contributed by atoms with E-state index in [9.17, 15) is 19.2 Å². The molecule has 6 heterocycles. The SMILES string of the molecule is COC(=O)NC(C(=O)N1CC(C)CC1c1nc2sc(C#CC#Cc3cc4[nH]c([C@@H]5C[C@H](C)CN5C(=O)[C@@H](NC(=O)OC)C(C)C)nc4s3)cc2[nH]1)C(C)C. The zero-order valence-corrected chi connectivity index (χ0v) is 33.3. The van der Waals surface area contributed by atoms with Gasteiger partial charge in [-0.25, -0.2) is 19.6 Å². The highest BCUT2D eigenvalue weighted by Crippen LogP contribution is 2.38. The van der Waals surface area contributed by atoms with Crippen molar-refractivity contribution in [3.05, 3.63) is 33.5 Å². The third-order valence-corrected chi connectivity index (χ3v) is 11.7. The van der Waals surface area contributed by atoms with Gasteiger partial charge in [0, 0.05) is 13.1 Å². The minimum absolute atomic E-state index is 0.116. The van der Waals surface area contributed by atoms with Crippen LogP contribution < -0.4 is 10.6 Å². The van der Waals surface area contributed by atoms with E-state index in [-0.39, 0.29) is 47.6 Å². The lowest BCUT2D eigenvalue weighted by atomic mass is 10.0. The van der Waals surface area contributed by atoms with Crippen LogP contribution in [0.3, 0.4) is 0 Å². The number of carbonyl (C=O) groups is 4. The summed E-state index contributed by atoms with van der Waals surface area (Å²) in [6.45, 7) is 12.9. The standard InChI is InChI=1S/C38H46N8O6S2/c1-19(2)29(41-37(49)51-7)35(47)45-17-21(5)13-27(45)31-39-25-15-23(53-33(25)43-31)11-9-10-12-24-16-26-34(54-24)44-32(40-26)28-14-22(6)18-46(28)36(48)30(20(3)4)42-38(50)52-8/h15-16,19-22,27-30H,13-14,17-18H2,1-8H3,(H,39,43)(H,40,44)(H,41,49)(H,42,50)/t21-,22?,27-,28?,29-,30?/m0/s1. The Bertz CT molecular complexity index is 1960. The monoisotopic (exact) mass is 774 g/mol. The molecule has 3 unspecified atom stereocenters. The highest BCUT2D eigenvalue weighted by Gasteiger charge is 2.41. The first-order valence-corrected chi connectivity index (χ1v) is 19.7. The number of likely N-dealkylation sites (tertiary alicyclic amines) is 2. The largest absolute Gasteiger partial charge is 0.453 e. The number of H-pyrrole nitrogens is 2. The van der Waals surface area contributed by atoms with E-state index in [1.165, 1.54) is 36.9 Å². The number of alkyl carbamates (subject to hydrolysis) is 2. The number of aromatic nitrogens is 4. The number of fused-ring (bicyclic) bond motifs is 2. The molecule has 2 fully saturated rings. The van der Waals surface area contributed by atoms with Crippen LogP contribution in [0, 0.1) is 47.4 Å². The first-order valence-electron chi connectivity index (χ1n) is 18.1. The minimum Gasteiger partial charge on any atom is -0.453 e. The molecule has 0 radical (unpaired) electrons. The Kier molecular flexibility index (Phi) is 11.5. The first kappa shape index (κ1) is 38.7. The molecule has 4 amide bonds. The molecule has 4 aromatic rings. The minimum atomic E-state index is -0.702. The Morgan fingerprint density at radius 1 is 0.741 bits per heavy atom. The highest BCUT2D eigenvalue weighted by molar-refractivity contribution is 7.19. The van der Waals surface area contributed by atoms with Crippen LogP contribution >= 0.6 is 22.7 Å². The van der Waals surface area contributed by atoms with Crippen LogP contribution in [0.5, 0.6) is 0 Å². The summed E-state index contributed by atoms with van der Waals surface area (Å²) in [6, 6.07) is 2.02. The van der Waals surface area contributed by atoms with Gasteiger partial charge in [-0.05, 0) is 72.3 Å². The number of amides is 4. The number of nitrogens with zero attached hydrogens (tertiary/aromatic N) is 4. The van der Waals surface area contributed by atoms with E-state index in [4.69, 9.17) is 19.4 Å². The van der Waals surface area contributed by atoms with Gasteiger partial charge >= 0.3 is 12.2 Å². The molecule has 54 heavy (non-hydrogen) atoms. The number of ether oxygens (including phenoxy) is 2. The van der Waals surface area contributed by atoms with Gasteiger partial charge in [0.2, 0.25) is 11.8 Å². The van der Waals surface area contributed by atoms with Crippen molar-refractivity contribution in [3.63, 3.8) is 0 Å². The molecule has 6 atom stereocenters. The smallest absolute Gasteiger partial charge is 0.407 e. The van der Waals surface area contributed by atoms with Crippen LogP contribution in [0.2, 0.25) is 0 Å². The summed E-state index contributed by atoms with van der Waals surface area (Å²) in [7, 11) is 2.57. The number of nitrogens with one attached hydrogen (secondary N) is 4. The van der Waals surface area contributed by atoms with Crippen molar-refractivity contribution in [2.45, 2.75) is 78.6 Å². The number of hydrogen-bond acceptors (Lipinski definition) is 10. The molecule has 16 heteroatoms. The maximum Gasteiger partial charge on any atom is 0.407 e. The summed E-state index contributed by atoms with van der Waals surface area (Å²) in [5.41, 5.74) is 1.69. The zero-order chi connectivity index (χ0) is 38.8. The molecule has 4 aromatic heterocycles. The van der Waals surface area contributed by atoms with E-state index in [0.717, 1.165) is 54.9 Å². The number of rotatable bonds is 8. The molecule has 4 N–H and O–H groups in total. The second-order valence-corrected chi connectivity index (χ2v) is 16.9. The molecule has 14 nitrogen and oxygen atoms in total. The Morgan fingerprint density at radius 3 is 1.46 bits per heavy atom. The second-order valence-electron chi connectivity index (χ2n) is 14.8. The van der Waals surface area contributed by atoms with Gasteiger partial charge in [-0.15, -0.1) is 22.7 Å². The third-order valence-electron chi connectivity index (χ3n) is 9.83. The van der Waals surface area contributed by atoms with Crippen molar-refractivity contribution < 1.29 is 28.7 Å². The van der Waals surface area contributed by atoms with Crippen LogP contribution in [0.15, 0.2) is 12.1 Å². The van der Waals surface area contributed by atoms with Crippen molar-refractivity contribution >= 4 is 67.4 Å². The number of imidazole rings is 2. The fourth-order valence-corrected chi connectivity index (χ4v) is 8.84. The van der Waals surface area contributed by atoms with Gasteiger partial charge in [-0.1, -0.05) is 41.5 Å². The van der Waals surface area contributed by atoms with Crippen LogP contribution in [0.1, 0.15) is 87.9 Å². The normalized spacial score (nSPS) is 20.8. The highest BCUT2D eigenvalue weighted by atomic mass is 32.1. The summed E-state index contributed by atoms with van der Waals surface area (Å²) in [4.78, 5) is 74.5. The molecule has 0 bridgehead atoms. The predicted molar refractivity (Wildman–Crippen MR) is 207 cm³/mol. The van der Waals surface area contributed by atoms with Crippen molar-refractivity contribution in [1.29, 1.82) is 0 Å². The molecule has 6 rings (SSSR count). The average Bonchev–Trinajstić information content (AvgIpc) is 3.97. The van der Waals surface area contributed by atoms with E-state index in [2.05, 4.69) is 58.1 Å². The number of methoxy groups -OCH3 is 2. The Balaban J connectivity index is 1.12. The molecule has 0 saturated carbocycles. The second kappa shape index (κ2) is 16.1. The quantitative estimate of drug-likeness (QED) is 0.169. The van der Waals surface area contributed by atoms with Gasteiger partial charge in [0.05, 0.1) is 47.1 Å². The summed E-state index contributed by atoms with van der Waals surface area (Å²) >= 11 is 2.91. The molecule has 0 spiro atoms. The number of hydrogen-bond donors (Lipinski definition) is 4. The van der Waals surface area contributed by atoms with Crippen molar-refractivity contribution in [1.82, 2.24) is 40.4 Å². The average molecular weight is 775 g/mol. The van der Waals surface area contributed by atoms with Gasteiger partial charge in [0.25, 0.3) is 0 Å². The molecular formula is C38H46N8O6S2. The van der Waals surface area contributed by atoms with E-state index >= 15 is 0 Å². The molecular weight excluding hydrogens is 729 g/mol. The predicted octanol–water partition coefficient (Wildman–Crippen LogP) is 5.55. The van der Waals surface area contributed by atoms with Gasteiger partial charge in [-0.3, -0.25) is 9.59 Å². The van der Waals surface area contributed by atoms with E-state index in [0.29, 0.717) is 13.1 Å². The molecule has 2 aliphatic rings. The Morgan fingerprint density at radius 2 is 1.13 bits per heavy atom. The van der Waals surface area contributed by atoms with E-state index in [1.54, 1.807) is 0 Å². The third kappa shape index (κ3) is 8.20. The molecule has 2 saturated heterocycles. The summed E-state index contributed by atoms with van der Waals surface area (Å²) in [5.74, 6) is 13.6. The molecule has 2 aliphatic heterocycles. The van der Waals surface area contributed by atoms with E-state index in [1.807, 2.05) is 49.6 Å². The maximum atomic E-state index is 13.6. The van der Waals surface area contributed by atoms with Crippen LogP contribution in [-0.4, -0.2) is 93.1 Å². The summed E-state index contributed by atoms with van der Waals surface area (Å²) in [6.07, 6.45) is 0.261. The van der Waals surface area contributed by atoms with Gasteiger partial charge in [0.1, 0.15) is 33.4 Å². The van der Waals surface area contributed by atoms with Gasteiger partial charge in [0.15, 0.2) is 0 Å². The topological polar surface area (TPSA) is 175 Å². The van der Waals surface area contributed by atoms with Crippen LogP contribution in [-0.2, 0) is 19.1 Å². The fourth-order valence-electron chi connectivity index (χ4n) is 7.14. The van der Waals surface area contributed by atoms with Crippen molar-refractivity contribution in [2.24, 2.45) is 23.7 Å². The lowest BCUT2D eigenvalue weighted by molar-refractivity contribution is -0.136. The van der Waals surface area contributed by atoms with Crippen molar-refractivity contribution in [3.8, 4) is 23.7 Å². The summed E-state index contributed by atoms with van der Waals surface area (Å²) < 4.78 is 9.51. The van der Waals surface area contributed by atoms with Gasteiger partial charge < -0.3 is 39.9 Å². The number of carbonyl (C=O) groups excluding carboxylic acids is 4. The zero-order valence-electron chi connectivity index (χ0n) is 31.7. The lowest BCUT2D eigenvalue weighted by Crippen LogP contribution is -2.51. The fraction of sp³-hybridized carbons (Fsp3) is 0.526. The van der Waals surface area contributed by atoms with Crippen molar-refractivity contribution in [2.75, 3.05) is 27.3 Å². The molecule has 0 aliphatic carbocycles. The van der Waals surface area contributed by atoms with Gasteiger partial charge in [-0.2, -0.15) is 0 Å². The number of aromatic amines is 2. The Hall–Kier alpha value is -5.06. The Labute approximate surface area is 322 Å². The van der Waals surface area contributed by atoms with Crippen LogP contribution in [0.4, 0.5) is 9.59 Å².